The van der Waals surface area contributed by atoms with Gasteiger partial charge in [0.15, 0.2) is 0 Å². The Bertz CT molecular complexity index is 550. The van der Waals surface area contributed by atoms with Crippen molar-refractivity contribution >= 4 is 17.9 Å². The number of halogens is 1. The average Bonchev–Trinajstić information content (AvgIpc) is 2.38. The second kappa shape index (κ2) is 5.02. The van der Waals surface area contributed by atoms with Crippen LogP contribution in [0.3, 0.4) is 0 Å². The Hall–Kier alpha value is -1.80. The molecule has 0 amide bonds. The molecule has 0 aliphatic heterocycles. The van der Waals surface area contributed by atoms with Crippen LogP contribution in [-0.4, -0.2) is 13.4 Å². The maximum Gasteiger partial charge on any atom is 0.150 e. The molecule has 0 unspecified atom stereocenters. The normalized spacial score (nSPS) is 10.0. The Balaban J connectivity index is 2.56. The summed E-state index contributed by atoms with van der Waals surface area (Å²) in [7, 11) is 1.62. The largest absolute Gasteiger partial charge is 0.496 e. The van der Waals surface area contributed by atoms with Gasteiger partial charge in [0.25, 0.3) is 0 Å². The van der Waals surface area contributed by atoms with Crippen LogP contribution >= 0.6 is 11.6 Å². The Morgan fingerprint density at radius 3 is 2.53 bits per heavy atom. The van der Waals surface area contributed by atoms with Crippen molar-refractivity contribution in [3.05, 3.63) is 53.1 Å². The highest BCUT2D eigenvalue weighted by molar-refractivity contribution is 6.33. The lowest BCUT2D eigenvalue weighted by molar-refractivity contribution is 0.112. The van der Waals surface area contributed by atoms with E-state index in [4.69, 9.17) is 16.3 Å². The molecule has 0 saturated heterocycles. The molecule has 17 heavy (non-hydrogen) atoms. The number of carbonyl (C=O) groups is 1. The van der Waals surface area contributed by atoms with Crippen molar-refractivity contribution in [2.24, 2.45) is 0 Å². The van der Waals surface area contributed by atoms with E-state index in [1.807, 2.05) is 30.3 Å². The smallest absolute Gasteiger partial charge is 0.150 e. The number of carbonyl (C=O) groups excluding carboxylic acids is 1. The first kappa shape index (κ1) is 11.7. The van der Waals surface area contributed by atoms with Gasteiger partial charge in [-0.15, -0.1) is 0 Å². The van der Waals surface area contributed by atoms with E-state index in [-0.39, 0.29) is 0 Å². The van der Waals surface area contributed by atoms with Crippen molar-refractivity contribution in [3.63, 3.8) is 0 Å². The maximum absolute atomic E-state index is 10.6. The van der Waals surface area contributed by atoms with Crippen molar-refractivity contribution in [1.82, 2.24) is 0 Å². The fourth-order valence-electron chi connectivity index (χ4n) is 1.69. The molecular weight excluding hydrogens is 236 g/mol. The van der Waals surface area contributed by atoms with Crippen molar-refractivity contribution in [1.29, 1.82) is 0 Å². The molecule has 0 aliphatic rings. The third-order valence-electron chi connectivity index (χ3n) is 2.53. The van der Waals surface area contributed by atoms with E-state index in [1.165, 1.54) is 0 Å². The van der Waals surface area contributed by atoms with Crippen molar-refractivity contribution in [2.45, 2.75) is 0 Å². The summed E-state index contributed by atoms with van der Waals surface area (Å²) in [6, 6.07) is 12.8. The van der Waals surface area contributed by atoms with Gasteiger partial charge in [-0.3, -0.25) is 4.79 Å². The monoisotopic (exact) mass is 246 g/mol. The van der Waals surface area contributed by atoms with Gasteiger partial charge in [0.05, 0.1) is 7.11 Å². The zero-order chi connectivity index (χ0) is 12.3. The minimum absolute atomic E-state index is 0.541. The fraction of sp³-hybridized carbons (Fsp3) is 0.0714. The number of benzene rings is 2. The van der Waals surface area contributed by atoms with Gasteiger partial charge in [-0.1, -0.05) is 41.9 Å². The summed E-state index contributed by atoms with van der Waals surface area (Å²) in [5.74, 6) is 0.758. The van der Waals surface area contributed by atoms with Gasteiger partial charge in [-0.25, -0.2) is 0 Å². The van der Waals surface area contributed by atoms with Gasteiger partial charge in [0.2, 0.25) is 0 Å². The Morgan fingerprint density at radius 1 is 1.12 bits per heavy atom. The van der Waals surface area contributed by atoms with Crippen LogP contribution in [0.1, 0.15) is 10.4 Å². The molecule has 0 saturated carbocycles. The molecule has 0 heterocycles. The summed E-state index contributed by atoms with van der Waals surface area (Å²) in [6.07, 6.45) is 0.776. The number of hydrogen-bond donors (Lipinski definition) is 0. The SMILES string of the molecule is COc1ccccc1-c1ccc(C=O)cc1Cl. The van der Waals surface area contributed by atoms with Gasteiger partial charge < -0.3 is 4.74 Å². The van der Waals surface area contributed by atoms with Crippen LogP contribution in [0.2, 0.25) is 5.02 Å². The first-order chi connectivity index (χ1) is 8.26. The molecule has 2 rings (SSSR count). The van der Waals surface area contributed by atoms with Crippen LogP contribution in [0.4, 0.5) is 0 Å². The van der Waals surface area contributed by atoms with E-state index in [2.05, 4.69) is 0 Å². The minimum atomic E-state index is 0.541. The van der Waals surface area contributed by atoms with Gasteiger partial charge in [-0.2, -0.15) is 0 Å². The first-order valence-corrected chi connectivity index (χ1v) is 5.52. The third-order valence-corrected chi connectivity index (χ3v) is 2.84. The van der Waals surface area contributed by atoms with Crippen LogP contribution in [-0.2, 0) is 0 Å². The number of rotatable bonds is 3. The van der Waals surface area contributed by atoms with Crippen molar-refractivity contribution in [3.8, 4) is 16.9 Å². The quantitative estimate of drug-likeness (QED) is 0.770. The molecule has 0 spiro atoms. The molecule has 2 nitrogen and oxygen atoms in total. The summed E-state index contributed by atoms with van der Waals surface area (Å²) >= 11 is 6.16. The molecule has 86 valence electrons. The molecule has 0 aliphatic carbocycles. The Morgan fingerprint density at radius 2 is 1.88 bits per heavy atom. The standard InChI is InChI=1S/C14H11ClO2/c1-17-14-5-3-2-4-12(14)11-7-6-10(9-16)8-13(11)15/h2-9H,1H3. The van der Waals surface area contributed by atoms with E-state index in [0.717, 1.165) is 23.2 Å². The lowest BCUT2D eigenvalue weighted by Crippen LogP contribution is -1.89. The van der Waals surface area contributed by atoms with E-state index in [1.54, 1.807) is 19.2 Å². The molecule has 0 fully saturated rings. The fourth-order valence-corrected chi connectivity index (χ4v) is 1.98. The van der Waals surface area contributed by atoms with Crippen LogP contribution in [0.5, 0.6) is 5.75 Å². The lowest BCUT2D eigenvalue weighted by Gasteiger charge is -2.10. The summed E-state index contributed by atoms with van der Waals surface area (Å²) in [6.45, 7) is 0. The highest BCUT2D eigenvalue weighted by atomic mass is 35.5. The number of ether oxygens (including phenoxy) is 1. The Labute approximate surface area is 105 Å². The number of aldehydes is 1. The number of para-hydroxylation sites is 1. The summed E-state index contributed by atoms with van der Waals surface area (Å²) in [5.41, 5.74) is 2.33. The average molecular weight is 247 g/mol. The summed E-state index contributed by atoms with van der Waals surface area (Å²) in [4.78, 5) is 10.6. The predicted octanol–water partition coefficient (Wildman–Crippen LogP) is 3.83. The van der Waals surface area contributed by atoms with Crippen LogP contribution in [0.15, 0.2) is 42.5 Å². The van der Waals surface area contributed by atoms with Gasteiger partial charge >= 0.3 is 0 Å². The van der Waals surface area contributed by atoms with E-state index in [0.29, 0.717) is 10.6 Å². The molecule has 2 aromatic rings. The first-order valence-electron chi connectivity index (χ1n) is 5.14. The predicted molar refractivity (Wildman–Crippen MR) is 68.8 cm³/mol. The van der Waals surface area contributed by atoms with E-state index in [9.17, 15) is 4.79 Å². The van der Waals surface area contributed by atoms with E-state index < -0.39 is 0 Å². The summed E-state index contributed by atoms with van der Waals surface area (Å²) < 4.78 is 5.28. The number of hydrogen-bond acceptors (Lipinski definition) is 2. The third kappa shape index (κ3) is 2.32. The maximum atomic E-state index is 10.6. The molecule has 2 aromatic carbocycles. The molecule has 0 atom stereocenters. The second-order valence-corrected chi connectivity index (χ2v) is 3.96. The zero-order valence-electron chi connectivity index (χ0n) is 9.31. The molecule has 0 N–H and O–H groups in total. The topological polar surface area (TPSA) is 26.3 Å². The second-order valence-electron chi connectivity index (χ2n) is 3.56. The summed E-state index contributed by atoms with van der Waals surface area (Å²) in [5, 5.41) is 0.541. The molecule has 0 bridgehead atoms. The zero-order valence-corrected chi connectivity index (χ0v) is 10.1. The van der Waals surface area contributed by atoms with Crippen LogP contribution in [0.25, 0.3) is 11.1 Å². The van der Waals surface area contributed by atoms with Gasteiger partial charge in [-0.05, 0) is 12.1 Å². The minimum Gasteiger partial charge on any atom is -0.496 e. The lowest BCUT2D eigenvalue weighted by atomic mass is 10.0. The number of methoxy groups -OCH3 is 1. The van der Waals surface area contributed by atoms with E-state index >= 15 is 0 Å². The molecule has 3 heteroatoms. The molecule has 0 aromatic heterocycles. The highest BCUT2D eigenvalue weighted by Crippen LogP contribution is 2.34. The van der Waals surface area contributed by atoms with Crippen molar-refractivity contribution in [2.75, 3.05) is 7.11 Å². The van der Waals surface area contributed by atoms with Crippen LogP contribution in [0, 0.1) is 0 Å². The molecular formula is C14H11ClO2. The van der Waals surface area contributed by atoms with Crippen LogP contribution < -0.4 is 4.74 Å². The van der Waals surface area contributed by atoms with Gasteiger partial charge in [0.1, 0.15) is 12.0 Å². The highest BCUT2D eigenvalue weighted by Gasteiger charge is 2.08. The van der Waals surface area contributed by atoms with Gasteiger partial charge in [0, 0.05) is 21.7 Å². The van der Waals surface area contributed by atoms with Crippen molar-refractivity contribution < 1.29 is 9.53 Å². The Kier molecular flexibility index (Phi) is 3.45. The molecule has 0 radical (unpaired) electrons.